The van der Waals surface area contributed by atoms with Gasteiger partial charge in [0.15, 0.2) is 0 Å². The summed E-state index contributed by atoms with van der Waals surface area (Å²) < 4.78 is 31.7. The Bertz CT molecular complexity index is 1330. The third-order valence-electron chi connectivity index (χ3n) is 4.19. The van der Waals surface area contributed by atoms with E-state index in [2.05, 4.69) is 15.2 Å². The molecule has 0 saturated heterocycles. The normalized spacial score (nSPS) is 11.4. The second-order valence-corrected chi connectivity index (χ2v) is 9.70. The summed E-state index contributed by atoms with van der Waals surface area (Å²) in [5.41, 5.74) is 2.98. The number of carbonyl (C=O) groups excluding carboxylic acids is 2. The van der Waals surface area contributed by atoms with Crippen LogP contribution in [0, 0.1) is 0 Å². The van der Waals surface area contributed by atoms with Gasteiger partial charge in [0.1, 0.15) is 5.75 Å². The minimum absolute atomic E-state index is 0.0210. The van der Waals surface area contributed by atoms with E-state index in [4.69, 9.17) is 39.5 Å². The number of hydrogen-bond donors (Lipinski definition) is 2. The fourth-order valence-electron chi connectivity index (χ4n) is 2.51. The first-order chi connectivity index (χ1) is 16.1. The Kier molecular flexibility index (Phi) is 8.65. The Labute approximate surface area is 210 Å². The van der Waals surface area contributed by atoms with Gasteiger partial charge in [0, 0.05) is 10.0 Å². The lowest BCUT2D eigenvalue weighted by molar-refractivity contribution is -0.119. The van der Waals surface area contributed by atoms with Gasteiger partial charge in [-0.3, -0.25) is 4.79 Å². The van der Waals surface area contributed by atoms with Crippen molar-refractivity contribution in [3.63, 3.8) is 0 Å². The second kappa shape index (κ2) is 11.5. The van der Waals surface area contributed by atoms with E-state index in [0.29, 0.717) is 15.6 Å². The van der Waals surface area contributed by atoms with Gasteiger partial charge in [-0.05, 0) is 72.3 Å². The predicted octanol–water partition coefficient (Wildman–Crippen LogP) is 4.29. The lowest BCUT2D eigenvalue weighted by Crippen LogP contribution is -2.34. The van der Waals surface area contributed by atoms with Crippen molar-refractivity contribution in [3.05, 3.63) is 92.9 Å². The number of benzene rings is 3. The first-order valence-corrected chi connectivity index (χ1v) is 12.1. The van der Waals surface area contributed by atoms with E-state index < -0.39 is 28.4 Å². The smallest absolute Gasteiger partial charge is 0.345 e. The zero-order chi connectivity index (χ0) is 24.7. The molecule has 3 aromatic carbocycles. The number of rotatable bonds is 8. The molecule has 3 aromatic rings. The van der Waals surface area contributed by atoms with Crippen LogP contribution in [0.2, 0.25) is 15.1 Å². The van der Waals surface area contributed by atoms with Crippen molar-refractivity contribution in [2.75, 3.05) is 6.54 Å². The Morgan fingerprint density at radius 2 is 1.56 bits per heavy atom. The first-order valence-electron chi connectivity index (χ1n) is 9.48. The van der Waals surface area contributed by atoms with Crippen molar-refractivity contribution < 1.29 is 22.7 Å². The van der Waals surface area contributed by atoms with E-state index in [0.717, 1.165) is 0 Å². The topological polar surface area (TPSA) is 114 Å². The monoisotopic (exact) mass is 539 g/mol. The van der Waals surface area contributed by atoms with Crippen LogP contribution in [0.4, 0.5) is 0 Å². The number of nitrogens with one attached hydrogen (secondary N) is 2. The highest BCUT2D eigenvalue weighted by molar-refractivity contribution is 7.89. The average Bonchev–Trinajstić information content (AvgIpc) is 2.79. The van der Waals surface area contributed by atoms with Crippen LogP contribution in [0.5, 0.6) is 5.75 Å². The van der Waals surface area contributed by atoms with E-state index in [1.807, 2.05) is 0 Å². The molecule has 0 aliphatic carbocycles. The highest BCUT2D eigenvalue weighted by atomic mass is 35.5. The number of hydrogen-bond acceptors (Lipinski definition) is 6. The van der Waals surface area contributed by atoms with Crippen LogP contribution in [0.3, 0.4) is 0 Å². The molecule has 0 unspecified atom stereocenters. The molecule has 0 radical (unpaired) electrons. The van der Waals surface area contributed by atoms with Crippen LogP contribution in [-0.4, -0.2) is 33.1 Å². The second-order valence-electron chi connectivity index (χ2n) is 6.65. The number of ether oxygens (including phenoxy) is 1. The van der Waals surface area contributed by atoms with E-state index >= 15 is 0 Å². The van der Waals surface area contributed by atoms with Crippen LogP contribution < -0.4 is 14.9 Å². The van der Waals surface area contributed by atoms with Gasteiger partial charge in [-0.15, -0.1) is 0 Å². The van der Waals surface area contributed by atoms with Gasteiger partial charge in [0.2, 0.25) is 10.0 Å². The molecule has 0 aromatic heterocycles. The number of hydrazone groups is 1. The standard InChI is InChI=1S/C22H16Cl3N3O5S/c23-15-3-8-18(9-4-15)34(31,32)27-13-21(29)28-26-12-14-1-6-17(7-2-14)33-22(30)19-10-5-16(24)11-20(19)25/h1-12,27H,13H2,(H,28,29)/b26-12-. The molecule has 176 valence electrons. The molecular formula is C22H16Cl3N3O5S. The number of amides is 1. The van der Waals surface area contributed by atoms with Gasteiger partial charge in [-0.1, -0.05) is 34.8 Å². The Balaban J connectivity index is 1.49. The molecule has 0 saturated carbocycles. The largest absolute Gasteiger partial charge is 0.423 e. The molecule has 0 spiro atoms. The third kappa shape index (κ3) is 7.28. The maximum Gasteiger partial charge on any atom is 0.345 e. The van der Waals surface area contributed by atoms with Crippen molar-refractivity contribution >= 4 is 62.9 Å². The SMILES string of the molecule is O=C(CNS(=O)(=O)c1ccc(Cl)cc1)N/N=C\c1ccc(OC(=O)c2ccc(Cl)cc2Cl)cc1. The van der Waals surface area contributed by atoms with E-state index in [1.54, 1.807) is 12.1 Å². The zero-order valence-corrected chi connectivity index (χ0v) is 20.3. The van der Waals surface area contributed by atoms with Crippen molar-refractivity contribution in [2.24, 2.45) is 5.10 Å². The lowest BCUT2D eigenvalue weighted by Gasteiger charge is -2.06. The maximum absolute atomic E-state index is 12.2. The van der Waals surface area contributed by atoms with Crippen molar-refractivity contribution in [2.45, 2.75) is 4.90 Å². The summed E-state index contributed by atoms with van der Waals surface area (Å²) in [6, 6.07) is 16.2. The minimum Gasteiger partial charge on any atom is -0.423 e. The molecule has 8 nitrogen and oxygen atoms in total. The Morgan fingerprint density at radius 3 is 2.21 bits per heavy atom. The summed E-state index contributed by atoms with van der Waals surface area (Å²) >= 11 is 17.6. The van der Waals surface area contributed by atoms with Crippen LogP contribution in [0.1, 0.15) is 15.9 Å². The van der Waals surface area contributed by atoms with E-state index in [1.165, 1.54) is 60.8 Å². The van der Waals surface area contributed by atoms with Gasteiger partial charge in [0.25, 0.3) is 5.91 Å². The highest BCUT2D eigenvalue weighted by Gasteiger charge is 2.15. The lowest BCUT2D eigenvalue weighted by atomic mass is 10.2. The molecule has 0 aliphatic heterocycles. The van der Waals surface area contributed by atoms with Crippen molar-refractivity contribution in [3.8, 4) is 5.75 Å². The molecule has 0 atom stereocenters. The van der Waals surface area contributed by atoms with Gasteiger partial charge in [-0.25, -0.2) is 23.4 Å². The molecule has 34 heavy (non-hydrogen) atoms. The molecule has 1 amide bonds. The van der Waals surface area contributed by atoms with Crippen LogP contribution >= 0.6 is 34.8 Å². The summed E-state index contributed by atoms with van der Waals surface area (Å²) in [6.45, 7) is -0.509. The zero-order valence-electron chi connectivity index (χ0n) is 17.2. The number of halogens is 3. The molecule has 12 heteroatoms. The number of nitrogens with zero attached hydrogens (tertiary/aromatic N) is 1. The Hall–Kier alpha value is -2.95. The summed E-state index contributed by atoms with van der Waals surface area (Å²) in [7, 11) is -3.87. The summed E-state index contributed by atoms with van der Waals surface area (Å²) in [4.78, 5) is 24.1. The van der Waals surface area contributed by atoms with Crippen LogP contribution in [-0.2, 0) is 14.8 Å². The minimum atomic E-state index is -3.87. The number of esters is 1. The molecule has 0 heterocycles. The van der Waals surface area contributed by atoms with Gasteiger partial charge >= 0.3 is 5.97 Å². The van der Waals surface area contributed by atoms with Gasteiger partial charge in [0.05, 0.1) is 28.2 Å². The predicted molar refractivity (Wildman–Crippen MR) is 130 cm³/mol. The van der Waals surface area contributed by atoms with Gasteiger partial charge in [-0.2, -0.15) is 5.10 Å². The van der Waals surface area contributed by atoms with E-state index in [-0.39, 0.29) is 21.2 Å². The summed E-state index contributed by atoms with van der Waals surface area (Å²) in [6.07, 6.45) is 1.34. The van der Waals surface area contributed by atoms with E-state index in [9.17, 15) is 18.0 Å². The van der Waals surface area contributed by atoms with Crippen molar-refractivity contribution in [1.29, 1.82) is 0 Å². The summed E-state index contributed by atoms with van der Waals surface area (Å²) in [5.74, 6) is -1.04. The molecular weight excluding hydrogens is 525 g/mol. The number of sulfonamides is 1. The molecule has 0 bridgehead atoms. The quantitative estimate of drug-likeness (QED) is 0.191. The summed E-state index contributed by atoms with van der Waals surface area (Å²) in [5, 5.41) is 4.73. The fraction of sp³-hybridized carbons (Fsp3) is 0.0455. The molecule has 0 aliphatic rings. The molecule has 2 N–H and O–H groups in total. The average molecular weight is 541 g/mol. The Morgan fingerprint density at radius 1 is 0.912 bits per heavy atom. The van der Waals surface area contributed by atoms with Crippen LogP contribution in [0.25, 0.3) is 0 Å². The third-order valence-corrected chi connectivity index (χ3v) is 6.41. The fourth-order valence-corrected chi connectivity index (χ4v) is 4.11. The van der Waals surface area contributed by atoms with Crippen LogP contribution in [0.15, 0.2) is 76.7 Å². The number of carbonyl (C=O) groups is 2. The first kappa shape index (κ1) is 25.7. The maximum atomic E-state index is 12.2. The van der Waals surface area contributed by atoms with Gasteiger partial charge < -0.3 is 4.74 Å². The molecule has 3 rings (SSSR count). The molecule has 0 fully saturated rings. The highest BCUT2D eigenvalue weighted by Crippen LogP contribution is 2.23. The van der Waals surface area contributed by atoms with Crippen molar-refractivity contribution in [1.82, 2.24) is 10.1 Å².